The predicted molar refractivity (Wildman–Crippen MR) is 127 cm³/mol. The molecule has 2 heterocycles. The van der Waals surface area contributed by atoms with Crippen molar-refractivity contribution in [3.63, 3.8) is 0 Å². The molecule has 5 rings (SSSR count). The lowest BCUT2D eigenvalue weighted by atomic mass is 9.83. The minimum Gasteiger partial charge on any atom is -0.382 e. The number of rotatable bonds is 7. The van der Waals surface area contributed by atoms with Gasteiger partial charge in [-0.2, -0.15) is 0 Å². The zero-order valence-electron chi connectivity index (χ0n) is 19.8. The molecular formula is C27H43N3O+2. The van der Waals surface area contributed by atoms with Crippen LogP contribution >= 0.6 is 0 Å². The smallest absolute Gasteiger partial charge is 0.152 e. The Hall–Kier alpha value is -1.36. The fourth-order valence-corrected chi connectivity index (χ4v) is 6.99. The number of aryl methyl sites for hydroxylation is 1. The molecule has 1 aromatic heterocycles. The van der Waals surface area contributed by atoms with Gasteiger partial charge in [0.1, 0.15) is 19.1 Å². The number of likely N-dealkylation sites (N-methyl/N-ethyl adjacent to an activating group) is 1. The van der Waals surface area contributed by atoms with Crippen molar-refractivity contribution in [3.05, 3.63) is 35.0 Å². The minimum absolute atomic E-state index is 0.191. The van der Waals surface area contributed by atoms with E-state index in [-0.39, 0.29) is 6.10 Å². The molecule has 2 aliphatic carbocycles. The van der Waals surface area contributed by atoms with Crippen LogP contribution in [0.2, 0.25) is 0 Å². The molecule has 4 nitrogen and oxygen atoms in total. The lowest BCUT2D eigenvalue weighted by Gasteiger charge is -2.38. The molecule has 31 heavy (non-hydrogen) atoms. The first-order valence-corrected chi connectivity index (χ1v) is 13.2. The van der Waals surface area contributed by atoms with Crippen molar-refractivity contribution in [2.24, 2.45) is 0 Å². The Kier molecular flexibility index (Phi) is 6.41. The molecule has 1 aromatic carbocycles. The Morgan fingerprint density at radius 2 is 1.90 bits per heavy atom. The Bertz CT molecular complexity index is 894. The largest absolute Gasteiger partial charge is 0.382 e. The number of nitrogens with one attached hydrogen (secondary N) is 2. The summed E-state index contributed by atoms with van der Waals surface area (Å²) >= 11 is 0. The van der Waals surface area contributed by atoms with Crippen LogP contribution in [0.4, 0.5) is 0 Å². The van der Waals surface area contributed by atoms with Gasteiger partial charge in [-0.1, -0.05) is 25.3 Å². The van der Waals surface area contributed by atoms with Crippen LogP contribution in [0.5, 0.6) is 0 Å². The van der Waals surface area contributed by atoms with Gasteiger partial charge in [0.25, 0.3) is 0 Å². The third kappa shape index (κ3) is 4.07. The quantitative estimate of drug-likeness (QED) is 0.625. The van der Waals surface area contributed by atoms with Gasteiger partial charge in [-0.15, -0.1) is 0 Å². The van der Waals surface area contributed by atoms with Crippen LogP contribution < -0.4 is 9.80 Å². The van der Waals surface area contributed by atoms with Gasteiger partial charge >= 0.3 is 0 Å². The highest BCUT2D eigenvalue weighted by atomic mass is 16.3. The Morgan fingerprint density at radius 1 is 1.10 bits per heavy atom. The molecule has 0 bridgehead atoms. The van der Waals surface area contributed by atoms with E-state index >= 15 is 0 Å². The summed E-state index contributed by atoms with van der Waals surface area (Å²) in [6.07, 6.45) is 10.6. The molecule has 0 saturated heterocycles. The Labute approximate surface area is 188 Å². The van der Waals surface area contributed by atoms with Gasteiger partial charge in [-0.25, -0.2) is 0 Å². The first-order valence-electron chi connectivity index (χ1n) is 13.2. The van der Waals surface area contributed by atoms with E-state index in [9.17, 15) is 5.11 Å². The lowest BCUT2D eigenvalue weighted by Crippen LogP contribution is -3.17. The molecule has 3 atom stereocenters. The molecule has 0 spiro atoms. The van der Waals surface area contributed by atoms with Crippen LogP contribution in [0.1, 0.15) is 87.6 Å². The Balaban J connectivity index is 1.42. The van der Waals surface area contributed by atoms with Crippen molar-refractivity contribution in [3.8, 4) is 0 Å². The molecule has 0 amide bonds. The average Bonchev–Trinajstić information content (AvgIpc) is 3.14. The van der Waals surface area contributed by atoms with Crippen LogP contribution in [0.25, 0.3) is 10.9 Å². The molecule has 0 radical (unpaired) electrons. The van der Waals surface area contributed by atoms with Crippen molar-refractivity contribution < 1.29 is 14.9 Å². The summed E-state index contributed by atoms with van der Waals surface area (Å²) in [6.45, 7) is 10.7. The topological polar surface area (TPSA) is 34.0 Å². The summed E-state index contributed by atoms with van der Waals surface area (Å²) < 4.78 is 2.66. The number of quaternary nitrogens is 2. The standard InChI is InChI=1S/C27H41N3O/c1-3-28(4-2)18-22(31)19-29-15-16-30-25-14-13-21(20-9-6-5-7-10-20)17-24(25)23-11-8-12-26(29)27(23)30/h13-14,17,20,22,26,31H,3-12,15-16,18-19H2,1-2H3/p+2/t22-,26+/m1/s1. The molecule has 170 valence electrons. The number of hydrogen-bond donors (Lipinski definition) is 3. The Morgan fingerprint density at radius 3 is 2.68 bits per heavy atom. The fourth-order valence-electron chi connectivity index (χ4n) is 6.99. The van der Waals surface area contributed by atoms with Crippen molar-refractivity contribution in [2.75, 3.05) is 32.7 Å². The van der Waals surface area contributed by atoms with Crippen LogP contribution in [0.3, 0.4) is 0 Å². The lowest BCUT2D eigenvalue weighted by molar-refractivity contribution is -0.948. The molecule has 1 fully saturated rings. The van der Waals surface area contributed by atoms with E-state index in [0.717, 1.165) is 45.2 Å². The highest BCUT2D eigenvalue weighted by molar-refractivity contribution is 5.87. The first-order chi connectivity index (χ1) is 15.2. The number of aliphatic hydroxyl groups excluding tert-OH is 1. The molecule has 4 heteroatoms. The molecule has 3 aliphatic rings. The fraction of sp³-hybridized carbons (Fsp3) is 0.704. The van der Waals surface area contributed by atoms with E-state index < -0.39 is 0 Å². The van der Waals surface area contributed by atoms with Gasteiger partial charge in [-0.05, 0) is 68.7 Å². The summed E-state index contributed by atoms with van der Waals surface area (Å²) in [4.78, 5) is 3.14. The predicted octanol–water partition coefficient (Wildman–Crippen LogP) is 2.25. The van der Waals surface area contributed by atoms with Gasteiger partial charge in [0.15, 0.2) is 6.10 Å². The van der Waals surface area contributed by atoms with Crippen molar-refractivity contribution in [1.29, 1.82) is 0 Å². The van der Waals surface area contributed by atoms with Crippen LogP contribution in [0, 0.1) is 0 Å². The van der Waals surface area contributed by atoms with Crippen LogP contribution in [-0.4, -0.2) is 48.5 Å². The van der Waals surface area contributed by atoms with Crippen LogP contribution in [-0.2, 0) is 13.0 Å². The molecule has 1 aliphatic heterocycles. The minimum atomic E-state index is -0.191. The van der Waals surface area contributed by atoms with Gasteiger partial charge in [0, 0.05) is 17.3 Å². The van der Waals surface area contributed by atoms with Crippen molar-refractivity contribution >= 4 is 10.9 Å². The van der Waals surface area contributed by atoms with E-state index in [4.69, 9.17) is 0 Å². The highest BCUT2D eigenvalue weighted by Crippen LogP contribution is 2.40. The van der Waals surface area contributed by atoms with Gasteiger partial charge < -0.3 is 19.5 Å². The first kappa shape index (κ1) is 21.5. The van der Waals surface area contributed by atoms with E-state index in [1.165, 1.54) is 61.8 Å². The summed E-state index contributed by atoms with van der Waals surface area (Å²) in [5.74, 6) is 0.779. The van der Waals surface area contributed by atoms with Crippen molar-refractivity contribution in [2.45, 2.75) is 89.8 Å². The maximum Gasteiger partial charge on any atom is 0.152 e. The second-order valence-corrected chi connectivity index (χ2v) is 10.5. The van der Waals surface area contributed by atoms with E-state index in [0.29, 0.717) is 6.04 Å². The van der Waals surface area contributed by atoms with Crippen LogP contribution in [0.15, 0.2) is 18.2 Å². The number of aromatic nitrogens is 1. The average molecular weight is 426 g/mol. The number of hydrogen-bond acceptors (Lipinski definition) is 1. The molecular weight excluding hydrogens is 382 g/mol. The molecule has 1 saturated carbocycles. The SMILES string of the molecule is CC[NH+](CC)C[C@@H](O)C[NH+]1CCn2c3c(c4cc(C5CCCCC5)ccc42)CCC[C@@H]31. The third-order valence-electron chi connectivity index (χ3n) is 8.73. The number of benzene rings is 1. The highest BCUT2D eigenvalue weighted by Gasteiger charge is 2.39. The molecule has 1 unspecified atom stereocenters. The monoisotopic (exact) mass is 425 g/mol. The van der Waals surface area contributed by atoms with Gasteiger partial charge in [-0.3, -0.25) is 0 Å². The van der Waals surface area contributed by atoms with E-state index in [1.807, 2.05) is 0 Å². The second kappa shape index (κ2) is 9.25. The normalized spacial score (nSPS) is 25.2. The van der Waals surface area contributed by atoms with Gasteiger partial charge in [0.2, 0.25) is 0 Å². The summed E-state index contributed by atoms with van der Waals surface area (Å²) in [6, 6.07) is 8.03. The number of nitrogens with zero attached hydrogens (tertiary/aromatic N) is 1. The van der Waals surface area contributed by atoms with E-state index in [2.05, 4.69) is 36.6 Å². The summed E-state index contributed by atoms with van der Waals surface area (Å²) in [5, 5.41) is 12.4. The number of fused-ring (bicyclic) bond motifs is 3. The molecule has 3 N–H and O–H groups in total. The summed E-state index contributed by atoms with van der Waals surface area (Å²) in [5.41, 5.74) is 6.33. The zero-order valence-corrected chi connectivity index (χ0v) is 19.8. The van der Waals surface area contributed by atoms with Crippen molar-refractivity contribution in [1.82, 2.24) is 4.57 Å². The second-order valence-electron chi connectivity index (χ2n) is 10.5. The maximum atomic E-state index is 10.9. The zero-order chi connectivity index (χ0) is 21.4. The van der Waals surface area contributed by atoms with E-state index in [1.54, 1.807) is 27.1 Å². The molecule has 2 aromatic rings. The summed E-state index contributed by atoms with van der Waals surface area (Å²) in [7, 11) is 0. The number of aliphatic hydroxyl groups is 1. The maximum absolute atomic E-state index is 10.9. The third-order valence-corrected chi connectivity index (χ3v) is 8.73. The van der Waals surface area contributed by atoms with Gasteiger partial charge in [0.05, 0.1) is 31.9 Å².